The molecule has 61 heavy (non-hydrogen) atoms. The lowest BCUT2D eigenvalue weighted by atomic mass is 10.1. The van der Waals surface area contributed by atoms with Crippen LogP contribution in [-0.2, 0) is 37.5 Å². The number of carboxylic acid groups (broad SMARTS) is 1. The number of ether oxygens (including phenoxy) is 2. The summed E-state index contributed by atoms with van der Waals surface area (Å²) in [6.07, 6.45) is 54.8. The molecule has 11 nitrogen and oxygen atoms in total. The predicted octanol–water partition coefficient (Wildman–Crippen LogP) is 12.4. The van der Waals surface area contributed by atoms with Crippen molar-refractivity contribution in [3.8, 4) is 0 Å². The van der Waals surface area contributed by atoms with Crippen LogP contribution in [0.3, 0.4) is 0 Å². The molecule has 0 aliphatic rings. The number of rotatable bonds is 41. The van der Waals surface area contributed by atoms with Crippen LogP contribution in [0.1, 0.15) is 162 Å². The molecule has 0 fully saturated rings. The van der Waals surface area contributed by atoms with Crippen molar-refractivity contribution in [1.82, 2.24) is 0 Å². The number of phosphoric ester groups is 1. The summed E-state index contributed by atoms with van der Waals surface area (Å²) in [5.74, 6) is -2.51. The van der Waals surface area contributed by atoms with Gasteiger partial charge in [-0.25, -0.2) is 4.57 Å². The zero-order valence-corrected chi connectivity index (χ0v) is 38.4. The van der Waals surface area contributed by atoms with Crippen LogP contribution in [0.25, 0.3) is 0 Å². The molecule has 346 valence electrons. The van der Waals surface area contributed by atoms with Crippen LogP contribution in [0.4, 0.5) is 0 Å². The molecule has 3 unspecified atom stereocenters. The second kappa shape index (κ2) is 43.1. The van der Waals surface area contributed by atoms with Crippen LogP contribution in [-0.4, -0.2) is 59.9 Å². The standard InChI is InChI=1S/C49H80NO10P/c1-3-5-7-9-11-13-15-17-19-21-23-25-27-29-31-33-35-37-39-41-48(52)60-45(43-58-61(55,56)59-44-46(50)49(53)54)42-57-47(51)40-38-36-34-32-30-28-26-24-22-20-18-16-14-12-10-8-6-4-2/h5,7,11,13-14,16-17,19-20,22-23,25,29,31,35,37,45-46H,3-4,6,8-10,12,15,18,21,24,26-28,30,32-34,36,38-44,50H2,1-2H3,(H,53,54)(H,55,56)/b7-5-,13-11-,16-14-,19-17-,22-20-,25-23-,31-29-,37-35-. The van der Waals surface area contributed by atoms with E-state index in [2.05, 4.69) is 97.4 Å². The fourth-order valence-electron chi connectivity index (χ4n) is 5.53. The van der Waals surface area contributed by atoms with Crippen LogP contribution >= 0.6 is 7.82 Å². The normalized spacial score (nSPS) is 14.6. The number of carbonyl (C=O) groups excluding carboxylic acids is 2. The van der Waals surface area contributed by atoms with Gasteiger partial charge in [0, 0.05) is 12.8 Å². The quantitative estimate of drug-likeness (QED) is 0.0231. The van der Waals surface area contributed by atoms with E-state index in [1.165, 1.54) is 44.9 Å². The zero-order chi connectivity index (χ0) is 44.9. The number of hydrogen-bond acceptors (Lipinski definition) is 9. The summed E-state index contributed by atoms with van der Waals surface area (Å²) >= 11 is 0. The summed E-state index contributed by atoms with van der Waals surface area (Å²) in [4.78, 5) is 46.0. The van der Waals surface area contributed by atoms with Gasteiger partial charge in [0.25, 0.3) is 0 Å². The Labute approximate surface area is 368 Å². The molecule has 0 saturated carbocycles. The lowest BCUT2D eigenvalue weighted by molar-refractivity contribution is -0.161. The van der Waals surface area contributed by atoms with Crippen LogP contribution in [0.2, 0.25) is 0 Å². The summed E-state index contributed by atoms with van der Waals surface area (Å²) in [6, 6.07) is -1.54. The van der Waals surface area contributed by atoms with Crippen LogP contribution in [0, 0.1) is 0 Å². The van der Waals surface area contributed by atoms with Gasteiger partial charge in [-0.1, -0.05) is 162 Å². The summed E-state index contributed by atoms with van der Waals surface area (Å²) in [5.41, 5.74) is 5.33. The Kier molecular flexibility index (Phi) is 40.5. The second-order valence-corrected chi connectivity index (χ2v) is 16.2. The molecule has 0 bridgehead atoms. The SMILES string of the molecule is CC/C=C\C/C=C\C/C=C\C/C=C\C/C=C\C/C=C\CCC(=O)OC(COC(=O)CCCCCCCCC/C=C\C/C=C\CCCCCC)COP(=O)(O)OCC(N)C(=O)O. The van der Waals surface area contributed by atoms with Gasteiger partial charge < -0.3 is 25.2 Å². The maximum Gasteiger partial charge on any atom is 0.472 e. The predicted molar refractivity (Wildman–Crippen MR) is 249 cm³/mol. The lowest BCUT2D eigenvalue weighted by Crippen LogP contribution is -2.34. The fourth-order valence-corrected chi connectivity index (χ4v) is 6.31. The van der Waals surface area contributed by atoms with Gasteiger partial charge in [0.05, 0.1) is 13.2 Å². The molecular weight excluding hydrogens is 794 g/mol. The molecule has 0 aromatic carbocycles. The molecule has 0 aliphatic heterocycles. The lowest BCUT2D eigenvalue weighted by Gasteiger charge is -2.20. The van der Waals surface area contributed by atoms with E-state index in [1.807, 2.05) is 18.2 Å². The van der Waals surface area contributed by atoms with E-state index >= 15 is 0 Å². The molecule has 0 aromatic heterocycles. The first kappa shape index (κ1) is 57.4. The Hall–Kier alpha value is -3.60. The highest BCUT2D eigenvalue weighted by Crippen LogP contribution is 2.43. The topological polar surface area (TPSA) is 172 Å². The van der Waals surface area contributed by atoms with Gasteiger partial charge in [-0.2, -0.15) is 0 Å². The molecule has 0 radical (unpaired) electrons. The first-order chi connectivity index (χ1) is 29.6. The van der Waals surface area contributed by atoms with E-state index in [1.54, 1.807) is 0 Å². The molecule has 0 aliphatic carbocycles. The van der Waals surface area contributed by atoms with E-state index in [0.29, 0.717) is 19.3 Å². The average molecular weight is 874 g/mol. The van der Waals surface area contributed by atoms with Gasteiger partial charge in [0.2, 0.25) is 0 Å². The van der Waals surface area contributed by atoms with Gasteiger partial charge in [0.15, 0.2) is 6.10 Å². The molecular formula is C49H80NO10P. The molecule has 0 aromatic rings. The Morgan fingerprint density at radius 2 is 0.951 bits per heavy atom. The van der Waals surface area contributed by atoms with E-state index < -0.39 is 51.1 Å². The summed E-state index contributed by atoms with van der Waals surface area (Å²) in [6.45, 7) is 2.58. The summed E-state index contributed by atoms with van der Waals surface area (Å²) in [5, 5.41) is 8.90. The fraction of sp³-hybridized carbons (Fsp3) is 0.612. The highest BCUT2D eigenvalue weighted by molar-refractivity contribution is 7.47. The zero-order valence-electron chi connectivity index (χ0n) is 37.5. The Balaban J connectivity index is 4.49. The number of aliphatic carboxylic acids is 1. The highest BCUT2D eigenvalue weighted by Gasteiger charge is 2.28. The molecule has 0 heterocycles. The van der Waals surface area contributed by atoms with Crippen LogP contribution < -0.4 is 5.73 Å². The number of carbonyl (C=O) groups is 3. The Morgan fingerprint density at radius 1 is 0.525 bits per heavy atom. The second-order valence-electron chi connectivity index (χ2n) is 14.8. The minimum Gasteiger partial charge on any atom is -0.480 e. The van der Waals surface area contributed by atoms with Crippen molar-refractivity contribution in [2.75, 3.05) is 19.8 Å². The minimum absolute atomic E-state index is 0.0287. The van der Waals surface area contributed by atoms with Gasteiger partial charge in [-0.3, -0.25) is 23.4 Å². The van der Waals surface area contributed by atoms with Crippen molar-refractivity contribution in [3.63, 3.8) is 0 Å². The number of nitrogens with two attached hydrogens (primary N) is 1. The monoisotopic (exact) mass is 874 g/mol. The van der Waals surface area contributed by atoms with Crippen molar-refractivity contribution < 1.29 is 47.5 Å². The molecule has 12 heteroatoms. The van der Waals surface area contributed by atoms with Gasteiger partial charge in [-0.05, 0) is 83.5 Å². The molecule has 4 N–H and O–H groups in total. The molecule has 0 spiro atoms. The van der Waals surface area contributed by atoms with Gasteiger partial charge >= 0.3 is 25.7 Å². The van der Waals surface area contributed by atoms with E-state index in [0.717, 1.165) is 70.6 Å². The Bertz CT molecular complexity index is 1400. The molecule has 0 amide bonds. The summed E-state index contributed by atoms with van der Waals surface area (Å²) < 4.78 is 32.6. The smallest absolute Gasteiger partial charge is 0.472 e. The van der Waals surface area contributed by atoms with Crippen molar-refractivity contribution in [2.24, 2.45) is 5.73 Å². The van der Waals surface area contributed by atoms with Crippen molar-refractivity contribution in [1.29, 1.82) is 0 Å². The number of allylic oxidation sites excluding steroid dienone is 16. The highest BCUT2D eigenvalue weighted by atomic mass is 31.2. The van der Waals surface area contributed by atoms with E-state index in [-0.39, 0.29) is 19.4 Å². The number of phosphoric acid groups is 1. The third-order valence-electron chi connectivity index (χ3n) is 9.08. The Morgan fingerprint density at radius 3 is 1.44 bits per heavy atom. The third-order valence-corrected chi connectivity index (χ3v) is 10.0. The van der Waals surface area contributed by atoms with Crippen molar-refractivity contribution in [3.05, 3.63) is 97.2 Å². The maximum absolute atomic E-state index is 12.6. The number of esters is 2. The van der Waals surface area contributed by atoms with Gasteiger partial charge in [-0.15, -0.1) is 0 Å². The first-order valence-electron chi connectivity index (χ1n) is 22.8. The van der Waals surface area contributed by atoms with Gasteiger partial charge in [0.1, 0.15) is 12.6 Å². The number of hydrogen-bond donors (Lipinski definition) is 3. The van der Waals surface area contributed by atoms with Crippen molar-refractivity contribution >= 4 is 25.7 Å². The molecule has 0 rings (SSSR count). The van der Waals surface area contributed by atoms with E-state index in [4.69, 9.17) is 24.8 Å². The molecule has 3 atom stereocenters. The molecule has 0 saturated heterocycles. The summed E-state index contributed by atoms with van der Waals surface area (Å²) in [7, 11) is -4.75. The first-order valence-corrected chi connectivity index (χ1v) is 24.3. The maximum atomic E-state index is 12.6. The van der Waals surface area contributed by atoms with E-state index in [9.17, 15) is 23.8 Å². The minimum atomic E-state index is -4.75. The largest absolute Gasteiger partial charge is 0.480 e. The van der Waals surface area contributed by atoms with Crippen molar-refractivity contribution in [2.45, 2.75) is 174 Å². The van der Waals surface area contributed by atoms with Crippen LogP contribution in [0.5, 0.6) is 0 Å². The van der Waals surface area contributed by atoms with Crippen LogP contribution in [0.15, 0.2) is 97.2 Å². The number of unbranched alkanes of at least 4 members (excludes halogenated alkanes) is 11. The number of carboxylic acids is 1. The average Bonchev–Trinajstić information content (AvgIpc) is 3.24. The third kappa shape index (κ3) is 42.9.